The fourth-order valence-corrected chi connectivity index (χ4v) is 7.17. The molecular formula is C30H35N3O4S. The van der Waals surface area contributed by atoms with Gasteiger partial charge >= 0.3 is 0 Å². The second-order valence-electron chi connectivity index (χ2n) is 9.85. The molecule has 0 bridgehead atoms. The Kier molecular flexibility index (Phi) is 8.97. The van der Waals surface area contributed by atoms with Crippen molar-refractivity contribution in [2.24, 2.45) is 5.10 Å². The average Bonchev–Trinajstić information content (AvgIpc) is 2.88. The number of benzene rings is 3. The molecule has 0 saturated heterocycles. The first-order valence-electron chi connectivity index (χ1n) is 13.0. The van der Waals surface area contributed by atoms with Gasteiger partial charge < -0.3 is 4.74 Å². The molecule has 1 saturated carbocycles. The van der Waals surface area contributed by atoms with Crippen molar-refractivity contribution in [3.8, 4) is 11.5 Å². The molecule has 3 aromatic rings. The zero-order valence-electron chi connectivity index (χ0n) is 22.2. The molecular weight excluding hydrogens is 498 g/mol. The minimum absolute atomic E-state index is 0.213. The van der Waals surface area contributed by atoms with Crippen LogP contribution in [0.1, 0.15) is 54.4 Å². The van der Waals surface area contributed by atoms with E-state index < -0.39 is 15.9 Å². The first kappa shape index (κ1) is 27.5. The van der Waals surface area contributed by atoms with Crippen molar-refractivity contribution in [3.63, 3.8) is 0 Å². The minimum atomic E-state index is -3.88. The predicted molar refractivity (Wildman–Crippen MR) is 150 cm³/mol. The second kappa shape index (κ2) is 12.4. The number of carbonyl (C=O) groups excluding carboxylic acids is 1. The first-order chi connectivity index (χ1) is 18.2. The molecule has 1 aliphatic carbocycles. The van der Waals surface area contributed by atoms with Crippen molar-refractivity contribution in [1.82, 2.24) is 9.73 Å². The Morgan fingerprint density at radius 3 is 2.29 bits per heavy atom. The lowest BCUT2D eigenvalue weighted by Gasteiger charge is -2.33. The lowest BCUT2D eigenvalue weighted by Crippen LogP contribution is -2.46. The van der Waals surface area contributed by atoms with E-state index in [4.69, 9.17) is 4.74 Å². The van der Waals surface area contributed by atoms with E-state index in [1.54, 1.807) is 0 Å². The van der Waals surface area contributed by atoms with Crippen LogP contribution >= 0.6 is 0 Å². The van der Waals surface area contributed by atoms with Gasteiger partial charge in [-0.2, -0.15) is 9.41 Å². The monoisotopic (exact) mass is 533 g/mol. The first-order valence-corrected chi connectivity index (χ1v) is 14.4. The van der Waals surface area contributed by atoms with E-state index >= 15 is 0 Å². The zero-order chi connectivity index (χ0) is 27.1. The van der Waals surface area contributed by atoms with Crippen molar-refractivity contribution in [3.05, 3.63) is 89.0 Å². The summed E-state index contributed by atoms with van der Waals surface area (Å²) in [6, 6.07) is 20.3. The highest BCUT2D eigenvalue weighted by molar-refractivity contribution is 7.89. The standard InChI is InChI=1S/C30H35N3O4S/c1-22-17-23(2)30(24(3)18-22)38(35,36)33(26-12-6-4-7-13-26)21-29(34)32-31-20-25-11-10-16-28(19-25)37-27-14-8-5-9-15-27/h5,8-11,14-20,26H,4,6-7,12-13,21H2,1-3H3,(H,32,34)/b31-20+. The Hall–Kier alpha value is -3.49. The molecule has 0 atom stereocenters. The summed E-state index contributed by atoms with van der Waals surface area (Å²) >= 11 is 0. The number of rotatable bonds is 9. The van der Waals surface area contributed by atoms with Gasteiger partial charge in [0.2, 0.25) is 10.0 Å². The van der Waals surface area contributed by atoms with Crippen LogP contribution in [0.4, 0.5) is 0 Å². The number of aryl methyl sites for hydroxylation is 3. The van der Waals surface area contributed by atoms with Crippen LogP contribution in [0.3, 0.4) is 0 Å². The third-order valence-electron chi connectivity index (χ3n) is 6.69. The zero-order valence-corrected chi connectivity index (χ0v) is 23.0. The number of sulfonamides is 1. The number of carbonyl (C=O) groups is 1. The number of nitrogens with zero attached hydrogens (tertiary/aromatic N) is 2. The Balaban J connectivity index is 1.48. The molecule has 7 nitrogen and oxygen atoms in total. The van der Waals surface area contributed by atoms with Crippen LogP contribution in [-0.4, -0.2) is 37.4 Å². The quantitative estimate of drug-likeness (QED) is 0.275. The lowest BCUT2D eigenvalue weighted by atomic mass is 9.95. The van der Waals surface area contributed by atoms with E-state index in [2.05, 4.69) is 10.5 Å². The summed E-state index contributed by atoms with van der Waals surface area (Å²) in [7, 11) is -3.88. The normalized spacial score (nSPS) is 14.6. The van der Waals surface area contributed by atoms with Gasteiger partial charge in [-0.25, -0.2) is 13.8 Å². The maximum absolute atomic E-state index is 13.9. The molecule has 1 N–H and O–H groups in total. The molecule has 1 amide bonds. The highest BCUT2D eigenvalue weighted by atomic mass is 32.2. The molecule has 38 heavy (non-hydrogen) atoms. The van der Waals surface area contributed by atoms with Gasteiger partial charge in [0.05, 0.1) is 17.7 Å². The number of nitrogens with one attached hydrogen (secondary N) is 1. The summed E-state index contributed by atoms with van der Waals surface area (Å²) in [4.78, 5) is 13.2. The molecule has 3 aromatic carbocycles. The predicted octanol–water partition coefficient (Wildman–Crippen LogP) is 5.88. The van der Waals surface area contributed by atoms with Crippen LogP contribution in [0.5, 0.6) is 11.5 Å². The summed E-state index contributed by atoms with van der Waals surface area (Å²) in [5.74, 6) is 0.886. The Morgan fingerprint density at radius 1 is 0.947 bits per heavy atom. The van der Waals surface area contributed by atoms with Gasteiger partial charge in [-0.3, -0.25) is 4.79 Å². The number of para-hydroxylation sites is 1. The topological polar surface area (TPSA) is 88.1 Å². The number of hydrogen-bond acceptors (Lipinski definition) is 5. The molecule has 0 heterocycles. The van der Waals surface area contributed by atoms with Crippen molar-refractivity contribution in [1.29, 1.82) is 0 Å². The molecule has 200 valence electrons. The smallest absolute Gasteiger partial charge is 0.255 e. The fraction of sp³-hybridized carbons (Fsp3) is 0.333. The molecule has 0 unspecified atom stereocenters. The molecule has 0 aromatic heterocycles. The molecule has 1 fully saturated rings. The highest BCUT2D eigenvalue weighted by Gasteiger charge is 2.35. The van der Waals surface area contributed by atoms with Crippen LogP contribution in [0.25, 0.3) is 0 Å². The molecule has 4 rings (SSSR count). The van der Waals surface area contributed by atoms with Gasteiger partial charge in [0, 0.05) is 6.04 Å². The van der Waals surface area contributed by atoms with Crippen molar-refractivity contribution < 1.29 is 17.9 Å². The van der Waals surface area contributed by atoms with Crippen molar-refractivity contribution in [2.75, 3.05) is 6.54 Å². The van der Waals surface area contributed by atoms with E-state index in [0.29, 0.717) is 21.8 Å². The van der Waals surface area contributed by atoms with Crippen molar-refractivity contribution >= 4 is 22.1 Å². The van der Waals surface area contributed by atoms with Crippen LogP contribution in [0, 0.1) is 20.8 Å². The van der Waals surface area contributed by atoms with Crippen LogP contribution < -0.4 is 10.2 Å². The van der Waals surface area contributed by atoms with E-state index in [-0.39, 0.29) is 12.6 Å². The number of ether oxygens (including phenoxy) is 1. The molecule has 0 radical (unpaired) electrons. The molecule has 0 aliphatic heterocycles. The van der Waals surface area contributed by atoms with Crippen LogP contribution in [-0.2, 0) is 14.8 Å². The molecule has 1 aliphatic rings. The van der Waals surface area contributed by atoms with E-state index in [0.717, 1.165) is 49.0 Å². The summed E-state index contributed by atoms with van der Waals surface area (Å²) in [6.45, 7) is 5.29. The maximum atomic E-state index is 13.9. The van der Waals surface area contributed by atoms with Crippen molar-refractivity contribution in [2.45, 2.75) is 63.8 Å². The summed E-state index contributed by atoms with van der Waals surface area (Å²) in [5.41, 5.74) is 5.65. The van der Waals surface area contributed by atoms with Gasteiger partial charge in [-0.1, -0.05) is 67.3 Å². The van der Waals surface area contributed by atoms with Crippen LogP contribution in [0.15, 0.2) is 76.7 Å². The summed E-state index contributed by atoms with van der Waals surface area (Å²) < 4.78 is 35.0. The van der Waals surface area contributed by atoms with E-state index in [9.17, 15) is 13.2 Å². The molecule has 0 spiro atoms. The van der Waals surface area contributed by atoms with Crippen LogP contribution in [0.2, 0.25) is 0 Å². The van der Waals surface area contributed by atoms with Gasteiger partial charge in [-0.05, 0) is 74.6 Å². The van der Waals surface area contributed by atoms with E-state index in [1.807, 2.05) is 87.5 Å². The highest BCUT2D eigenvalue weighted by Crippen LogP contribution is 2.31. The Labute approximate surface area is 225 Å². The van der Waals surface area contributed by atoms with Gasteiger partial charge in [0.25, 0.3) is 5.91 Å². The SMILES string of the molecule is Cc1cc(C)c(S(=O)(=O)N(CC(=O)N/N=C/c2cccc(Oc3ccccc3)c2)C2CCCCC2)c(C)c1. The number of hydrazone groups is 1. The van der Waals surface area contributed by atoms with Gasteiger partial charge in [-0.15, -0.1) is 0 Å². The number of hydrogen-bond donors (Lipinski definition) is 1. The Morgan fingerprint density at radius 2 is 1.61 bits per heavy atom. The Bertz CT molecular complexity index is 1380. The average molecular weight is 534 g/mol. The summed E-state index contributed by atoms with van der Waals surface area (Å²) in [5, 5.41) is 4.09. The lowest BCUT2D eigenvalue weighted by molar-refractivity contribution is -0.121. The fourth-order valence-electron chi connectivity index (χ4n) is 5.11. The van der Waals surface area contributed by atoms with E-state index in [1.165, 1.54) is 10.5 Å². The minimum Gasteiger partial charge on any atom is -0.457 e. The van der Waals surface area contributed by atoms with Gasteiger partial charge in [0.1, 0.15) is 11.5 Å². The van der Waals surface area contributed by atoms with Gasteiger partial charge in [0.15, 0.2) is 0 Å². The summed E-state index contributed by atoms with van der Waals surface area (Å²) in [6.07, 6.45) is 5.98. The molecule has 8 heteroatoms. The second-order valence-corrected chi connectivity index (χ2v) is 11.7. The maximum Gasteiger partial charge on any atom is 0.255 e. The number of amides is 1. The third kappa shape index (κ3) is 6.88. The largest absolute Gasteiger partial charge is 0.457 e. The third-order valence-corrected chi connectivity index (χ3v) is 8.90.